The highest BCUT2D eigenvalue weighted by atomic mass is 35.5. The first-order valence-corrected chi connectivity index (χ1v) is 4.96. The van der Waals surface area contributed by atoms with E-state index in [2.05, 4.69) is 0 Å². The zero-order valence-electron chi connectivity index (χ0n) is 7.11. The maximum atomic E-state index is 10.2. The highest BCUT2D eigenvalue weighted by Gasteiger charge is 1.97. The van der Waals surface area contributed by atoms with Crippen molar-refractivity contribution in [2.45, 2.75) is 4.90 Å². The first-order valence-electron chi connectivity index (χ1n) is 3.71. The summed E-state index contributed by atoms with van der Waals surface area (Å²) in [4.78, 5) is 11.0. The van der Waals surface area contributed by atoms with Crippen LogP contribution in [0.4, 0.5) is 5.69 Å². The van der Waals surface area contributed by atoms with Gasteiger partial charge >= 0.3 is 5.97 Å². The number of hydrogen-bond acceptors (Lipinski definition) is 3. The normalized spacial score (nSPS) is 10.6. The van der Waals surface area contributed by atoms with Gasteiger partial charge in [-0.1, -0.05) is 23.4 Å². The third-order valence-electron chi connectivity index (χ3n) is 1.39. The number of carboxylic acid groups (broad SMARTS) is 1. The molecule has 3 N–H and O–H groups in total. The number of benzene rings is 1. The Bertz CT molecular complexity index is 379. The second kappa shape index (κ2) is 4.93. The van der Waals surface area contributed by atoms with Gasteiger partial charge in [0, 0.05) is 11.0 Å². The highest BCUT2D eigenvalue weighted by molar-refractivity contribution is 8.02. The molecule has 74 valence electrons. The van der Waals surface area contributed by atoms with Gasteiger partial charge in [0.2, 0.25) is 0 Å². The molecule has 0 spiro atoms. The number of hydrogen-bond donors (Lipinski definition) is 2. The summed E-state index contributed by atoms with van der Waals surface area (Å²) in [5.41, 5.74) is 6.02. The molecule has 3 nitrogen and oxygen atoms in total. The molecular weight excluding hydrogens is 222 g/mol. The van der Waals surface area contributed by atoms with Crippen molar-refractivity contribution in [3.8, 4) is 0 Å². The van der Waals surface area contributed by atoms with Crippen LogP contribution in [0.15, 0.2) is 34.6 Å². The molecular formula is C9H8ClNO2S. The zero-order valence-corrected chi connectivity index (χ0v) is 8.68. The summed E-state index contributed by atoms with van der Waals surface area (Å²) < 4.78 is 0. The largest absolute Gasteiger partial charge is 0.478 e. The van der Waals surface area contributed by atoms with Gasteiger partial charge in [0.05, 0.1) is 10.7 Å². The van der Waals surface area contributed by atoms with Gasteiger partial charge in [0.25, 0.3) is 0 Å². The lowest BCUT2D eigenvalue weighted by molar-refractivity contribution is -0.131. The summed E-state index contributed by atoms with van der Waals surface area (Å²) >= 11 is 7.05. The quantitative estimate of drug-likeness (QED) is 0.475. The molecule has 0 atom stereocenters. The molecule has 0 amide bonds. The molecule has 0 radical (unpaired) electrons. The van der Waals surface area contributed by atoms with E-state index in [1.165, 1.54) is 17.2 Å². The fraction of sp³-hybridized carbons (Fsp3) is 0. The van der Waals surface area contributed by atoms with Gasteiger partial charge < -0.3 is 10.8 Å². The molecule has 1 aromatic carbocycles. The monoisotopic (exact) mass is 229 g/mol. The molecule has 0 bridgehead atoms. The average molecular weight is 230 g/mol. The van der Waals surface area contributed by atoms with Crippen molar-refractivity contribution in [1.82, 2.24) is 0 Å². The predicted octanol–water partition coefficient (Wildman–Crippen LogP) is 2.61. The zero-order chi connectivity index (χ0) is 10.6. The molecule has 0 aliphatic heterocycles. The number of anilines is 1. The van der Waals surface area contributed by atoms with Crippen molar-refractivity contribution in [3.05, 3.63) is 34.7 Å². The van der Waals surface area contributed by atoms with Crippen LogP contribution in [-0.4, -0.2) is 11.1 Å². The van der Waals surface area contributed by atoms with Gasteiger partial charge in [-0.3, -0.25) is 0 Å². The van der Waals surface area contributed by atoms with Crippen LogP contribution in [0.25, 0.3) is 0 Å². The molecule has 0 aliphatic rings. The van der Waals surface area contributed by atoms with Crippen molar-refractivity contribution < 1.29 is 9.90 Å². The van der Waals surface area contributed by atoms with E-state index in [1.54, 1.807) is 18.2 Å². The second-order valence-corrected chi connectivity index (χ2v) is 3.83. The molecule has 0 aliphatic carbocycles. The Morgan fingerprint density at radius 1 is 1.57 bits per heavy atom. The molecule has 1 rings (SSSR count). The minimum atomic E-state index is -0.973. The Kier molecular flexibility index (Phi) is 3.85. The molecule has 14 heavy (non-hydrogen) atoms. The Hall–Kier alpha value is -1.13. The molecule has 5 heteroatoms. The van der Waals surface area contributed by atoms with Gasteiger partial charge in [-0.25, -0.2) is 4.79 Å². The van der Waals surface area contributed by atoms with E-state index in [9.17, 15) is 4.79 Å². The van der Waals surface area contributed by atoms with Crippen LogP contribution in [0, 0.1) is 0 Å². The number of carboxylic acids is 1. The number of carbonyl (C=O) groups is 1. The lowest BCUT2D eigenvalue weighted by atomic mass is 10.3. The van der Waals surface area contributed by atoms with Crippen LogP contribution in [0.2, 0.25) is 5.02 Å². The van der Waals surface area contributed by atoms with E-state index in [-0.39, 0.29) is 0 Å². The Labute approximate surface area is 90.6 Å². The van der Waals surface area contributed by atoms with E-state index >= 15 is 0 Å². The lowest BCUT2D eigenvalue weighted by Gasteiger charge is -1.99. The molecule has 0 heterocycles. The van der Waals surface area contributed by atoms with Gasteiger partial charge in [0.1, 0.15) is 0 Å². The second-order valence-electron chi connectivity index (χ2n) is 2.44. The standard InChI is InChI=1S/C9H8ClNO2S/c10-7-5-6(1-2-8(7)11)14-4-3-9(12)13/h1-5H,11H2,(H,12,13). The van der Waals surface area contributed by atoms with Crippen LogP contribution in [0.5, 0.6) is 0 Å². The number of rotatable bonds is 3. The fourth-order valence-corrected chi connectivity index (χ4v) is 1.67. The molecule has 0 saturated carbocycles. The number of halogens is 1. The number of thioether (sulfide) groups is 1. The summed E-state index contributed by atoms with van der Waals surface area (Å²) in [6.07, 6.45) is 1.06. The summed E-state index contributed by atoms with van der Waals surface area (Å²) in [7, 11) is 0. The Balaban J connectivity index is 2.69. The smallest absolute Gasteiger partial charge is 0.328 e. The predicted molar refractivity (Wildman–Crippen MR) is 58.5 cm³/mol. The number of nitrogens with two attached hydrogens (primary N) is 1. The van der Waals surface area contributed by atoms with E-state index in [1.807, 2.05) is 0 Å². The van der Waals surface area contributed by atoms with E-state index in [0.717, 1.165) is 11.0 Å². The molecule has 1 aromatic rings. The van der Waals surface area contributed by atoms with Gasteiger partial charge in [-0.15, -0.1) is 0 Å². The van der Waals surface area contributed by atoms with E-state index in [4.69, 9.17) is 22.4 Å². The topological polar surface area (TPSA) is 63.3 Å². The van der Waals surface area contributed by atoms with E-state index < -0.39 is 5.97 Å². The first kappa shape index (κ1) is 10.9. The summed E-state index contributed by atoms with van der Waals surface area (Å²) in [6.45, 7) is 0. The molecule has 0 fully saturated rings. The van der Waals surface area contributed by atoms with Crippen molar-refractivity contribution in [3.63, 3.8) is 0 Å². The van der Waals surface area contributed by atoms with Crippen LogP contribution in [0.1, 0.15) is 0 Å². The number of aliphatic carboxylic acids is 1. The molecule has 0 saturated heterocycles. The average Bonchev–Trinajstić information content (AvgIpc) is 2.10. The minimum Gasteiger partial charge on any atom is -0.478 e. The molecule has 0 aromatic heterocycles. The Morgan fingerprint density at radius 3 is 2.86 bits per heavy atom. The van der Waals surface area contributed by atoms with Crippen LogP contribution < -0.4 is 5.73 Å². The van der Waals surface area contributed by atoms with Crippen LogP contribution in [-0.2, 0) is 4.79 Å². The molecule has 0 unspecified atom stereocenters. The third-order valence-corrected chi connectivity index (χ3v) is 2.51. The summed E-state index contributed by atoms with van der Waals surface area (Å²) in [5, 5.41) is 10.3. The number of nitrogen functional groups attached to an aromatic ring is 1. The highest BCUT2D eigenvalue weighted by Crippen LogP contribution is 2.26. The van der Waals surface area contributed by atoms with Gasteiger partial charge in [-0.05, 0) is 23.6 Å². The van der Waals surface area contributed by atoms with Crippen molar-refractivity contribution in [2.75, 3.05) is 5.73 Å². The van der Waals surface area contributed by atoms with Crippen molar-refractivity contribution in [1.29, 1.82) is 0 Å². The van der Waals surface area contributed by atoms with Crippen molar-refractivity contribution >= 4 is 35.0 Å². The van der Waals surface area contributed by atoms with Gasteiger partial charge in [-0.2, -0.15) is 0 Å². The van der Waals surface area contributed by atoms with Crippen molar-refractivity contribution in [2.24, 2.45) is 0 Å². The fourth-order valence-electron chi connectivity index (χ4n) is 0.752. The van der Waals surface area contributed by atoms with Gasteiger partial charge in [0.15, 0.2) is 0 Å². The minimum absolute atomic E-state index is 0.471. The third kappa shape index (κ3) is 3.32. The first-order chi connectivity index (χ1) is 6.59. The van der Waals surface area contributed by atoms with Crippen LogP contribution in [0.3, 0.4) is 0 Å². The summed E-state index contributed by atoms with van der Waals surface area (Å²) in [5.74, 6) is -0.973. The van der Waals surface area contributed by atoms with Crippen LogP contribution >= 0.6 is 23.4 Å². The SMILES string of the molecule is Nc1ccc(SC=CC(=O)O)cc1Cl. The maximum absolute atomic E-state index is 10.2. The summed E-state index contributed by atoms with van der Waals surface area (Å²) in [6, 6.07) is 5.14. The van der Waals surface area contributed by atoms with E-state index in [0.29, 0.717) is 10.7 Å². The Morgan fingerprint density at radius 2 is 2.29 bits per heavy atom. The lowest BCUT2D eigenvalue weighted by Crippen LogP contribution is -1.86. The maximum Gasteiger partial charge on any atom is 0.328 e.